The monoisotopic (exact) mass is 285 g/mol. The minimum atomic E-state index is -0.0928. The van der Waals surface area contributed by atoms with Gasteiger partial charge in [-0.25, -0.2) is 4.98 Å². The molecular weight excluding hydrogens is 266 g/mol. The molecule has 110 valence electrons. The number of hydrogen-bond donors (Lipinski definition) is 1. The number of carbonyl (C=O) groups is 1. The lowest BCUT2D eigenvalue weighted by molar-refractivity contribution is 0.0993. The second-order valence-electron chi connectivity index (χ2n) is 4.53. The highest BCUT2D eigenvalue weighted by Crippen LogP contribution is 2.21. The first kappa shape index (κ1) is 14.8. The third kappa shape index (κ3) is 3.51. The summed E-state index contributed by atoms with van der Waals surface area (Å²) in [6, 6.07) is 10.9. The van der Waals surface area contributed by atoms with Gasteiger partial charge in [-0.05, 0) is 31.2 Å². The second kappa shape index (κ2) is 6.74. The highest BCUT2D eigenvalue weighted by molar-refractivity contribution is 6.06. The summed E-state index contributed by atoms with van der Waals surface area (Å²) in [6.45, 7) is 2.74. The number of nitrogens with one attached hydrogen (secondary N) is 1. The van der Waals surface area contributed by atoms with Gasteiger partial charge in [0.15, 0.2) is 0 Å². The molecule has 21 heavy (non-hydrogen) atoms. The number of aromatic nitrogens is 1. The standard InChI is InChI=1S/C16H19N3O2/c1-4-17-15-10-12(8-9-18-15)16(20)19(2)13-6-5-7-14(11-13)21-3/h5-11H,4H2,1-3H3,(H,17,18). The van der Waals surface area contributed by atoms with Crippen molar-refractivity contribution in [3.05, 3.63) is 48.2 Å². The molecule has 0 bridgehead atoms. The molecule has 0 spiro atoms. The van der Waals surface area contributed by atoms with Gasteiger partial charge in [0.1, 0.15) is 11.6 Å². The maximum atomic E-state index is 12.5. The van der Waals surface area contributed by atoms with E-state index in [1.165, 1.54) is 0 Å². The summed E-state index contributed by atoms with van der Waals surface area (Å²) < 4.78 is 5.18. The van der Waals surface area contributed by atoms with Crippen molar-refractivity contribution in [2.45, 2.75) is 6.92 Å². The van der Waals surface area contributed by atoms with E-state index in [9.17, 15) is 4.79 Å². The molecule has 1 amide bonds. The lowest BCUT2D eigenvalue weighted by Gasteiger charge is -2.18. The zero-order valence-electron chi connectivity index (χ0n) is 12.5. The Labute approximate surface area is 124 Å². The van der Waals surface area contributed by atoms with Crippen molar-refractivity contribution < 1.29 is 9.53 Å². The van der Waals surface area contributed by atoms with Crippen molar-refractivity contribution in [3.63, 3.8) is 0 Å². The normalized spacial score (nSPS) is 10.0. The predicted octanol–water partition coefficient (Wildman–Crippen LogP) is 2.80. The topological polar surface area (TPSA) is 54.5 Å². The molecule has 0 unspecified atom stereocenters. The summed E-state index contributed by atoms with van der Waals surface area (Å²) in [7, 11) is 3.34. The fraction of sp³-hybridized carbons (Fsp3) is 0.250. The van der Waals surface area contributed by atoms with Crippen LogP contribution in [0.5, 0.6) is 5.75 Å². The van der Waals surface area contributed by atoms with Crippen molar-refractivity contribution in [2.24, 2.45) is 0 Å². The first-order chi connectivity index (χ1) is 10.2. The van der Waals surface area contributed by atoms with Crippen LogP contribution in [0.4, 0.5) is 11.5 Å². The lowest BCUT2D eigenvalue weighted by Crippen LogP contribution is -2.26. The van der Waals surface area contributed by atoms with Crippen LogP contribution in [-0.4, -0.2) is 31.6 Å². The number of methoxy groups -OCH3 is 1. The van der Waals surface area contributed by atoms with E-state index in [1.54, 1.807) is 37.4 Å². The summed E-state index contributed by atoms with van der Waals surface area (Å²) in [5.74, 6) is 1.32. The summed E-state index contributed by atoms with van der Waals surface area (Å²) in [6.07, 6.45) is 1.63. The lowest BCUT2D eigenvalue weighted by atomic mass is 10.2. The van der Waals surface area contributed by atoms with E-state index in [4.69, 9.17) is 4.74 Å². The van der Waals surface area contributed by atoms with Gasteiger partial charge in [-0.15, -0.1) is 0 Å². The Morgan fingerprint density at radius 3 is 2.86 bits per heavy atom. The summed E-state index contributed by atoms with van der Waals surface area (Å²) in [5.41, 5.74) is 1.37. The zero-order valence-corrected chi connectivity index (χ0v) is 12.5. The van der Waals surface area contributed by atoms with Gasteiger partial charge in [0.2, 0.25) is 0 Å². The molecule has 1 N–H and O–H groups in total. The minimum absolute atomic E-state index is 0.0928. The van der Waals surface area contributed by atoms with Crippen molar-refractivity contribution in [2.75, 3.05) is 30.9 Å². The molecule has 1 aromatic carbocycles. The molecule has 1 aromatic heterocycles. The van der Waals surface area contributed by atoms with Crippen LogP contribution in [0.15, 0.2) is 42.6 Å². The van der Waals surface area contributed by atoms with E-state index in [2.05, 4.69) is 10.3 Å². The molecular formula is C16H19N3O2. The van der Waals surface area contributed by atoms with Crippen LogP contribution >= 0.6 is 0 Å². The van der Waals surface area contributed by atoms with E-state index < -0.39 is 0 Å². The Hall–Kier alpha value is -2.56. The largest absolute Gasteiger partial charge is 0.497 e. The molecule has 0 fully saturated rings. The summed E-state index contributed by atoms with van der Waals surface area (Å²) in [4.78, 5) is 18.3. The molecule has 2 rings (SSSR count). The van der Waals surface area contributed by atoms with Crippen molar-refractivity contribution in [3.8, 4) is 5.75 Å². The van der Waals surface area contributed by atoms with E-state index in [0.717, 1.165) is 18.0 Å². The van der Waals surface area contributed by atoms with E-state index in [1.807, 2.05) is 31.2 Å². The smallest absolute Gasteiger partial charge is 0.258 e. The Bertz CT molecular complexity index is 628. The Kier molecular flexibility index (Phi) is 4.77. The van der Waals surface area contributed by atoms with E-state index in [0.29, 0.717) is 11.4 Å². The average molecular weight is 285 g/mol. The SMILES string of the molecule is CCNc1cc(C(=O)N(C)c2cccc(OC)c2)ccn1. The second-order valence-corrected chi connectivity index (χ2v) is 4.53. The fourth-order valence-corrected chi connectivity index (χ4v) is 1.97. The van der Waals surface area contributed by atoms with Gasteiger partial charge < -0.3 is 15.0 Å². The molecule has 0 aliphatic carbocycles. The summed E-state index contributed by atoms with van der Waals surface area (Å²) in [5, 5.41) is 3.10. The molecule has 0 aliphatic rings. The highest BCUT2D eigenvalue weighted by atomic mass is 16.5. The predicted molar refractivity (Wildman–Crippen MR) is 84.1 cm³/mol. The molecule has 1 heterocycles. The number of ether oxygens (including phenoxy) is 1. The number of benzene rings is 1. The number of pyridine rings is 1. The van der Waals surface area contributed by atoms with Crippen LogP contribution in [0.1, 0.15) is 17.3 Å². The van der Waals surface area contributed by atoms with Gasteiger partial charge in [-0.2, -0.15) is 0 Å². The van der Waals surface area contributed by atoms with Gasteiger partial charge in [0.05, 0.1) is 7.11 Å². The first-order valence-corrected chi connectivity index (χ1v) is 6.77. The molecule has 0 radical (unpaired) electrons. The van der Waals surface area contributed by atoms with Gasteiger partial charge in [0.25, 0.3) is 5.91 Å². The van der Waals surface area contributed by atoms with E-state index >= 15 is 0 Å². The molecule has 0 saturated carbocycles. The van der Waals surface area contributed by atoms with E-state index in [-0.39, 0.29) is 5.91 Å². The zero-order chi connectivity index (χ0) is 15.2. The molecule has 0 saturated heterocycles. The average Bonchev–Trinajstić information content (AvgIpc) is 2.54. The van der Waals surface area contributed by atoms with Crippen LogP contribution in [0, 0.1) is 0 Å². The fourth-order valence-electron chi connectivity index (χ4n) is 1.97. The third-order valence-corrected chi connectivity index (χ3v) is 3.11. The Morgan fingerprint density at radius 1 is 1.33 bits per heavy atom. The quantitative estimate of drug-likeness (QED) is 0.917. The number of anilines is 2. The van der Waals surface area contributed by atoms with Crippen LogP contribution in [0.25, 0.3) is 0 Å². The molecule has 2 aromatic rings. The maximum absolute atomic E-state index is 12.5. The van der Waals surface area contributed by atoms with Crippen molar-refractivity contribution in [1.82, 2.24) is 4.98 Å². The molecule has 0 aliphatic heterocycles. The summed E-state index contributed by atoms with van der Waals surface area (Å²) >= 11 is 0. The third-order valence-electron chi connectivity index (χ3n) is 3.11. The van der Waals surface area contributed by atoms with Gasteiger partial charge in [-0.3, -0.25) is 4.79 Å². The molecule has 5 heteroatoms. The Balaban J connectivity index is 2.23. The number of hydrogen-bond acceptors (Lipinski definition) is 4. The van der Waals surface area contributed by atoms with Crippen LogP contribution < -0.4 is 15.0 Å². The van der Waals surface area contributed by atoms with Gasteiger partial charge >= 0.3 is 0 Å². The van der Waals surface area contributed by atoms with Crippen LogP contribution in [0.3, 0.4) is 0 Å². The molecule has 5 nitrogen and oxygen atoms in total. The van der Waals surface area contributed by atoms with Gasteiger partial charge in [-0.1, -0.05) is 6.07 Å². The Morgan fingerprint density at radius 2 is 2.14 bits per heavy atom. The number of amides is 1. The number of carbonyl (C=O) groups excluding carboxylic acids is 1. The van der Waals surface area contributed by atoms with Crippen LogP contribution in [0.2, 0.25) is 0 Å². The van der Waals surface area contributed by atoms with Crippen LogP contribution in [-0.2, 0) is 0 Å². The van der Waals surface area contributed by atoms with Crippen molar-refractivity contribution >= 4 is 17.4 Å². The number of nitrogens with zero attached hydrogens (tertiary/aromatic N) is 2. The number of rotatable bonds is 5. The minimum Gasteiger partial charge on any atom is -0.497 e. The first-order valence-electron chi connectivity index (χ1n) is 6.77. The maximum Gasteiger partial charge on any atom is 0.258 e. The highest BCUT2D eigenvalue weighted by Gasteiger charge is 2.14. The van der Waals surface area contributed by atoms with Gasteiger partial charge in [0, 0.05) is 37.1 Å². The molecule has 0 atom stereocenters. The van der Waals surface area contributed by atoms with Crippen molar-refractivity contribution in [1.29, 1.82) is 0 Å².